The first-order valence-electron chi connectivity index (χ1n) is 15.2. The zero-order chi connectivity index (χ0) is 32.1. The fourth-order valence-electron chi connectivity index (χ4n) is 6.58. The highest BCUT2D eigenvalue weighted by atomic mass is 16.6. The van der Waals surface area contributed by atoms with Crippen LogP contribution in [0.4, 0.5) is 5.69 Å². The van der Waals surface area contributed by atoms with Crippen molar-refractivity contribution in [1.82, 2.24) is 10.2 Å². The fourth-order valence-corrected chi connectivity index (χ4v) is 6.58. The molecule has 2 atom stereocenters. The zero-order valence-corrected chi connectivity index (χ0v) is 26.1. The largest absolute Gasteiger partial charge is 0.466 e. The molecule has 0 aliphatic carbocycles. The Balaban J connectivity index is 1.35. The van der Waals surface area contributed by atoms with E-state index in [0.717, 1.165) is 19.5 Å². The Bertz CT molecular complexity index is 1600. The number of likely N-dealkylation sites (tertiary alicyclic amines) is 1. The van der Waals surface area contributed by atoms with Crippen LogP contribution in [0, 0.1) is 10.1 Å². The molecule has 234 valence electrons. The number of dihydropyridines is 1. The van der Waals surface area contributed by atoms with E-state index in [1.807, 2.05) is 19.1 Å². The van der Waals surface area contributed by atoms with E-state index in [1.165, 1.54) is 30.4 Å². The van der Waals surface area contributed by atoms with E-state index < -0.39 is 28.4 Å². The highest BCUT2D eigenvalue weighted by Gasteiger charge is 2.43. The Morgan fingerprint density at radius 1 is 0.956 bits per heavy atom. The van der Waals surface area contributed by atoms with Gasteiger partial charge >= 0.3 is 11.9 Å². The number of esters is 2. The molecule has 0 spiro atoms. The van der Waals surface area contributed by atoms with Crippen molar-refractivity contribution in [2.24, 2.45) is 0 Å². The molecular formula is C36H39N3O6. The van der Waals surface area contributed by atoms with Gasteiger partial charge in [-0.2, -0.15) is 0 Å². The number of nitro groups is 1. The first kappa shape index (κ1) is 31.7. The van der Waals surface area contributed by atoms with Crippen LogP contribution in [0.1, 0.15) is 62.1 Å². The number of hydrogen-bond acceptors (Lipinski definition) is 8. The fraction of sp³-hybridized carbons (Fsp3) is 0.333. The molecule has 1 unspecified atom stereocenters. The highest BCUT2D eigenvalue weighted by molar-refractivity contribution is 6.00. The van der Waals surface area contributed by atoms with Gasteiger partial charge in [-0.15, -0.1) is 0 Å². The van der Waals surface area contributed by atoms with Gasteiger partial charge in [0.1, 0.15) is 5.60 Å². The molecular weight excluding hydrogens is 570 g/mol. The number of nitro benzene ring substituents is 1. The molecule has 0 amide bonds. The molecule has 9 heteroatoms. The van der Waals surface area contributed by atoms with E-state index in [-0.39, 0.29) is 22.8 Å². The van der Waals surface area contributed by atoms with Crippen LogP contribution in [0.15, 0.2) is 107 Å². The quantitative estimate of drug-likeness (QED) is 0.164. The van der Waals surface area contributed by atoms with Gasteiger partial charge < -0.3 is 14.8 Å². The molecule has 5 rings (SSSR count). The minimum atomic E-state index is -0.898. The smallest absolute Gasteiger partial charge is 0.337 e. The standard InChI is InChI=1S/C36H39N3O6/c1-24-31(34(40)44-4)33(28-16-11-17-29(22-28)39(42)43)32(25(2)37-24)35(41)45-36(3)19-21-38(23-36)20-18-30(26-12-7-5-8-13-26)27-14-9-6-10-15-27/h5-17,22,30,33,37H,18-21,23H2,1-4H3/t33?,36-/m0/s1. The predicted molar refractivity (Wildman–Crippen MR) is 171 cm³/mol. The van der Waals surface area contributed by atoms with Crippen molar-refractivity contribution in [1.29, 1.82) is 0 Å². The average Bonchev–Trinajstić information content (AvgIpc) is 3.41. The van der Waals surface area contributed by atoms with Crippen LogP contribution in [0.5, 0.6) is 0 Å². The van der Waals surface area contributed by atoms with Gasteiger partial charge in [-0.05, 0) is 50.4 Å². The van der Waals surface area contributed by atoms with Crippen molar-refractivity contribution in [2.45, 2.75) is 51.0 Å². The molecule has 0 aromatic heterocycles. The van der Waals surface area contributed by atoms with E-state index in [1.54, 1.807) is 26.0 Å². The summed E-state index contributed by atoms with van der Waals surface area (Å²) in [6, 6.07) is 27.0. The second kappa shape index (κ2) is 13.5. The lowest BCUT2D eigenvalue weighted by Gasteiger charge is -2.33. The van der Waals surface area contributed by atoms with Gasteiger partial charge in [-0.3, -0.25) is 15.0 Å². The minimum Gasteiger partial charge on any atom is -0.466 e. The molecule has 1 fully saturated rings. The molecule has 2 aliphatic heterocycles. The van der Waals surface area contributed by atoms with Gasteiger partial charge in [0.15, 0.2) is 0 Å². The van der Waals surface area contributed by atoms with Crippen LogP contribution >= 0.6 is 0 Å². The summed E-state index contributed by atoms with van der Waals surface area (Å²) in [5.41, 5.74) is 3.54. The number of allylic oxidation sites excluding steroid dienone is 2. The number of nitrogens with one attached hydrogen (secondary N) is 1. The topological polar surface area (TPSA) is 111 Å². The Kier molecular flexibility index (Phi) is 9.48. The van der Waals surface area contributed by atoms with Gasteiger partial charge in [0.2, 0.25) is 0 Å². The summed E-state index contributed by atoms with van der Waals surface area (Å²) in [4.78, 5) is 40.5. The number of hydrogen-bond donors (Lipinski definition) is 1. The number of nitrogens with zero attached hydrogens (tertiary/aromatic N) is 2. The van der Waals surface area contributed by atoms with E-state index in [9.17, 15) is 19.7 Å². The van der Waals surface area contributed by atoms with Crippen LogP contribution in [0.3, 0.4) is 0 Å². The number of benzene rings is 3. The summed E-state index contributed by atoms with van der Waals surface area (Å²) in [6.45, 7) is 7.57. The molecule has 0 saturated carbocycles. The van der Waals surface area contributed by atoms with E-state index in [2.05, 4.69) is 58.7 Å². The molecule has 2 heterocycles. The van der Waals surface area contributed by atoms with Crippen molar-refractivity contribution in [3.8, 4) is 0 Å². The predicted octanol–water partition coefficient (Wildman–Crippen LogP) is 6.23. The number of methoxy groups -OCH3 is 1. The molecule has 1 N–H and O–H groups in total. The number of non-ortho nitro benzene ring substituents is 1. The second-order valence-corrected chi connectivity index (χ2v) is 12.0. The van der Waals surface area contributed by atoms with Gasteiger partial charge in [0, 0.05) is 49.0 Å². The number of carbonyl (C=O) groups is 2. The lowest BCUT2D eigenvalue weighted by atomic mass is 9.80. The Hall–Kier alpha value is -4.76. The number of carbonyl (C=O) groups excluding carboxylic acids is 2. The summed E-state index contributed by atoms with van der Waals surface area (Å²) in [5.74, 6) is -1.85. The van der Waals surface area contributed by atoms with Crippen molar-refractivity contribution in [2.75, 3.05) is 26.7 Å². The van der Waals surface area contributed by atoms with E-state index in [0.29, 0.717) is 29.9 Å². The van der Waals surface area contributed by atoms with Crippen molar-refractivity contribution >= 4 is 17.6 Å². The molecule has 0 radical (unpaired) electrons. The van der Waals surface area contributed by atoms with Gasteiger partial charge in [-0.25, -0.2) is 9.59 Å². The third-order valence-electron chi connectivity index (χ3n) is 8.79. The summed E-state index contributed by atoms with van der Waals surface area (Å²) < 4.78 is 11.3. The maximum Gasteiger partial charge on any atom is 0.337 e. The summed E-state index contributed by atoms with van der Waals surface area (Å²) in [6.07, 6.45) is 1.56. The van der Waals surface area contributed by atoms with Crippen LogP contribution < -0.4 is 5.32 Å². The van der Waals surface area contributed by atoms with Gasteiger partial charge in [-0.1, -0.05) is 72.8 Å². The first-order chi connectivity index (χ1) is 21.6. The third kappa shape index (κ3) is 6.99. The molecule has 0 bridgehead atoms. The molecule has 45 heavy (non-hydrogen) atoms. The molecule has 3 aromatic carbocycles. The SMILES string of the molecule is COC(=O)C1=C(C)NC(C)=C(C(=O)O[C@@]2(C)CCN(CCC(c3ccccc3)c3ccccc3)C2)C1c1cccc([N+](=O)[O-])c1. The molecule has 9 nitrogen and oxygen atoms in total. The van der Waals surface area contributed by atoms with Crippen LogP contribution in [-0.2, 0) is 19.1 Å². The first-order valence-corrected chi connectivity index (χ1v) is 15.2. The normalized spacial score (nSPS) is 20.2. The maximum absolute atomic E-state index is 14.0. The van der Waals surface area contributed by atoms with Crippen molar-refractivity contribution < 1.29 is 24.0 Å². The number of rotatable bonds is 10. The van der Waals surface area contributed by atoms with Crippen LogP contribution in [0.25, 0.3) is 0 Å². The zero-order valence-electron chi connectivity index (χ0n) is 26.1. The molecule has 2 aliphatic rings. The second-order valence-electron chi connectivity index (χ2n) is 12.0. The highest BCUT2D eigenvalue weighted by Crippen LogP contribution is 2.41. The molecule has 1 saturated heterocycles. The summed E-state index contributed by atoms with van der Waals surface area (Å²) >= 11 is 0. The minimum absolute atomic E-state index is 0.138. The van der Waals surface area contributed by atoms with Crippen molar-refractivity contribution in [3.63, 3.8) is 0 Å². The lowest BCUT2D eigenvalue weighted by molar-refractivity contribution is -0.384. The van der Waals surface area contributed by atoms with E-state index >= 15 is 0 Å². The summed E-state index contributed by atoms with van der Waals surface area (Å²) in [5, 5.41) is 14.7. The van der Waals surface area contributed by atoms with Gasteiger partial charge in [0.25, 0.3) is 5.69 Å². The van der Waals surface area contributed by atoms with E-state index in [4.69, 9.17) is 9.47 Å². The maximum atomic E-state index is 14.0. The summed E-state index contributed by atoms with van der Waals surface area (Å²) in [7, 11) is 1.27. The lowest BCUT2D eigenvalue weighted by Crippen LogP contribution is -2.39. The van der Waals surface area contributed by atoms with Crippen LogP contribution in [-0.4, -0.2) is 54.1 Å². The monoisotopic (exact) mass is 609 g/mol. The van der Waals surface area contributed by atoms with Gasteiger partial charge in [0.05, 0.1) is 29.1 Å². The molecule has 3 aromatic rings. The van der Waals surface area contributed by atoms with Crippen LogP contribution in [0.2, 0.25) is 0 Å². The Labute approximate surface area is 263 Å². The number of ether oxygens (including phenoxy) is 2. The average molecular weight is 610 g/mol. The Morgan fingerprint density at radius 3 is 2.13 bits per heavy atom. The third-order valence-corrected chi connectivity index (χ3v) is 8.79. The Morgan fingerprint density at radius 2 is 1.56 bits per heavy atom. The van der Waals surface area contributed by atoms with Crippen molar-refractivity contribution in [3.05, 3.63) is 134 Å².